The Morgan fingerprint density at radius 1 is 1.05 bits per heavy atom. The maximum Gasteiger partial charge on any atom is 0.673 e. The number of benzene rings is 1. The van der Waals surface area contributed by atoms with E-state index in [1.165, 1.54) is 27.3 Å². The molecule has 2 rings (SSSR count). The summed E-state index contributed by atoms with van der Waals surface area (Å²) in [7, 11) is -6.00. The summed E-state index contributed by atoms with van der Waals surface area (Å²) in [5.74, 6) is 0. The second kappa shape index (κ2) is 6.19. The first-order valence-corrected chi connectivity index (χ1v) is 5.99. The lowest BCUT2D eigenvalue weighted by atomic mass is 10.0. The average molecular weight is 276 g/mol. The maximum absolute atomic E-state index is 9.75. The minimum Gasteiger partial charge on any atom is -0.418 e. The van der Waals surface area contributed by atoms with Gasteiger partial charge in [0.2, 0.25) is 0 Å². The van der Waals surface area contributed by atoms with Gasteiger partial charge in [0, 0.05) is 11.1 Å². The van der Waals surface area contributed by atoms with Crippen molar-refractivity contribution in [2.24, 2.45) is 4.99 Å². The zero-order valence-corrected chi connectivity index (χ0v) is 11.2. The molecular weight excluding hydrogens is 259 g/mol. The van der Waals surface area contributed by atoms with E-state index in [4.69, 9.17) is 0 Å². The Labute approximate surface area is 110 Å². The molecule has 1 aliphatic heterocycles. The Morgan fingerprint density at radius 2 is 1.53 bits per heavy atom. The fourth-order valence-corrected chi connectivity index (χ4v) is 2.30. The van der Waals surface area contributed by atoms with Crippen LogP contribution in [0.2, 0.25) is 0 Å². The number of nitrogens with one attached hydrogen (secondary N) is 1. The molecule has 0 amide bonds. The molecule has 0 fully saturated rings. The van der Waals surface area contributed by atoms with Gasteiger partial charge in [-0.15, -0.1) is 0 Å². The molecule has 2 nitrogen and oxygen atoms in total. The molecule has 1 heterocycles. The van der Waals surface area contributed by atoms with Crippen LogP contribution in [0.3, 0.4) is 0 Å². The number of hydrogen-bond acceptors (Lipinski definition) is 1. The van der Waals surface area contributed by atoms with E-state index < -0.39 is 7.25 Å². The first-order valence-electron chi connectivity index (χ1n) is 5.99. The Morgan fingerprint density at radius 3 is 1.89 bits per heavy atom. The SMILES string of the molecule is Cc1cc(C)c([NH+]2C=NCC2)c(C)c1.F[B-](F)(F)F. The molecule has 0 saturated carbocycles. The topological polar surface area (TPSA) is 16.8 Å². The van der Waals surface area contributed by atoms with Crippen LogP contribution in [0.15, 0.2) is 17.1 Å². The zero-order valence-electron chi connectivity index (χ0n) is 11.2. The van der Waals surface area contributed by atoms with Crippen molar-refractivity contribution >= 4 is 19.3 Å². The van der Waals surface area contributed by atoms with E-state index in [0.717, 1.165) is 13.1 Å². The normalized spacial score (nSPS) is 18.2. The number of halogens is 4. The van der Waals surface area contributed by atoms with Crippen molar-refractivity contribution in [2.75, 3.05) is 13.1 Å². The van der Waals surface area contributed by atoms with E-state index in [0.29, 0.717) is 0 Å². The third-order valence-corrected chi connectivity index (χ3v) is 2.76. The summed E-state index contributed by atoms with van der Waals surface area (Å²) in [6, 6.07) is 4.50. The van der Waals surface area contributed by atoms with Gasteiger partial charge in [0.15, 0.2) is 6.34 Å². The lowest BCUT2D eigenvalue weighted by Crippen LogP contribution is -3.05. The summed E-state index contributed by atoms with van der Waals surface area (Å²) in [5.41, 5.74) is 5.52. The van der Waals surface area contributed by atoms with E-state index in [2.05, 4.69) is 37.9 Å². The van der Waals surface area contributed by atoms with E-state index in [9.17, 15) is 17.3 Å². The van der Waals surface area contributed by atoms with Crippen LogP contribution in [0.5, 0.6) is 0 Å². The van der Waals surface area contributed by atoms with Crippen molar-refractivity contribution in [3.05, 3.63) is 28.8 Å². The molecule has 1 atom stereocenters. The number of nitrogens with zero attached hydrogens (tertiary/aromatic N) is 1. The lowest BCUT2D eigenvalue weighted by molar-refractivity contribution is -0.715. The predicted octanol–water partition coefficient (Wildman–Crippen LogP) is 2.47. The summed E-state index contributed by atoms with van der Waals surface area (Å²) in [4.78, 5) is 5.69. The highest BCUT2D eigenvalue weighted by Crippen LogP contribution is 2.18. The third-order valence-electron chi connectivity index (χ3n) is 2.76. The van der Waals surface area contributed by atoms with Crippen LogP contribution >= 0.6 is 0 Å². The van der Waals surface area contributed by atoms with Crippen LogP contribution in [-0.2, 0) is 0 Å². The van der Waals surface area contributed by atoms with Crippen molar-refractivity contribution in [3.63, 3.8) is 0 Å². The first kappa shape index (κ1) is 15.7. The molecule has 1 N–H and O–H groups in total. The van der Waals surface area contributed by atoms with Crippen LogP contribution < -0.4 is 4.90 Å². The molecule has 106 valence electrons. The second-order valence-electron chi connectivity index (χ2n) is 4.58. The molecule has 0 aromatic heterocycles. The first-order chi connectivity index (χ1) is 8.68. The van der Waals surface area contributed by atoms with Crippen LogP contribution in [0.25, 0.3) is 0 Å². The molecule has 0 spiro atoms. The highest BCUT2D eigenvalue weighted by molar-refractivity contribution is 6.50. The quantitative estimate of drug-likeness (QED) is 0.599. The Hall–Kier alpha value is -1.37. The van der Waals surface area contributed by atoms with Gasteiger partial charge in [-0.3, -0.25) is 4.90 Å². The third kappa shape index (κ3) is 5.42. The van der Waals surface area contributed by atoms with Gasteiger partial charge in [-0.2, -0.15) is 0 Å². The Balaban J connectivity index is 0.000000312. The van der Waals surface area contributed by atoms with Gasteiger partial charge in [0.05, 0.1) is 6.54 Å². The number of aliphatic imine (C=N–C) groups is 1. The van der Waals surface area contributed by atoms with Gasteiger partial charge < -0.3 is 17.3 Å². The van der Waals surface area contributed by atoms with E-state index >= 15 is 0 Å². The van der Waals surface area contributed by atoms with E-state index in [1.807, 2.05) is 6.34 Å². The fourth-order valence-electron chi connectivity index (χ4n) is 2.30. The molecule has 7 heteroatoms. The molecule has 0 bridgehead atoms. The zero-order chi connectivity index (χ0) is 14.6. The molecule has 0 saturated heterocycles. The number of rotatable bonds is 1. The van der Waals surface area contributed by atoms with Crippen LogP contribution in [-0.4, -0.2) is 26.7 Å². The summed E-state index contributed by atoms with van der Waals surface area (Å²) in [6.45, 7) is 8.59. The van der Waals surface area contributed by atoms with Gasteiger partial charge >= 0.3 is 7.25 Å². The molecule has 1 aromatic carbocycles. The Kier molecular flexibility index (Phi) is 5.11. The standard InChI is InChI=1S/C12H16N2.BF4/c1-9-6-10(2)12(11(3)7-9)14-5-4-13-8-14;2-1(3,4)5/h6-8H,4-5H2,1-3H3;/q;-1/p+1. The molecule has 1 unspecified atom stereocenters. The fraction of sp³-hybridized carbons (Fsp3) is 0.417. The van der Waals surface area contributed by atoms with Gasteiger partial charge in [-0.05, 0) is 20.8 Å². The van der Waals surface area contributed by atoms with Crippen molar-refractivity contribution < 1.29 is 22.2 Å². The van der Waals surface area contributed by atoms with Gasteiger partial charge in [-0.25, -0.2) is 4.99 Å². The van der Waals surface area contributed by atoms with Crippen molar-refractivity contribution in [3.8, 4) is 0 Å². The molecule has 0 aliphatic carbocycles. The summed E-state index contributed by atoms with van der Waals surface area (Å²) < 4.78 is 39.0. The van der Waals surface area contributed by atoms with Gasteiger partial charge in [0.25, 0.3) is 0 Å². The predicted molar refractivity (Wildman–Crippen MR) is 69.7 cm³/mol. The van der Waals surface area contributed by atoms with E-state index in [-0.39, 0.29) is 0 Å². The highest BCUT2D eigenvalue weighted by atomic mass is 19.5. The molecule has 1 aliphatic rings. The summed E-state index contributed by atoms with van der Waals surface area (Å²) >= 11 is 0. The lowest BCUT2D eigenvalue weighted by Gasteiger charge is -2.14. The van der Waals surface area contributed by atoms with Crippen molar-refractivity contribution in [1.82, 2.24) is 0 Å². The largest absolute Gasteiger partial charge is 0.673 e. The van der Waals surface area contributed by atoms with E-state index in [1.54, 1.807) is 0 Å². The van der Waals surface area contributed by atoms with Crippen molar-refractivity contribution in [2.45, 2.75) is 20.8 Å². The van der Waals surface area contributed by atoms with Crippen molar-refractivity contribution in [1.29, 1.82) is 0 Å². The highest BCUT2D eigenvalue weighted by Gasteiger charge is 2.20. The van der Waals surface area contributed by atoms with Crippen LogP contribution in [0, 0.1) is 20.8 Å². The van der Waals surface area contributed by atoms with Crippen LogP contribution in [0.1, 0.15) is 16.7 Å². The maximum atomic E-state index is 9.75. The molecule has 0 radical (unpaired) electrons. The smallest absolute Gasteiger partial charge is 0.418 e. The molecular formula is C12H17BF4N2. The number of hydrogen-bond donors (Lipinski definition) is 1. The second-order valence-corrected chi connectivity index (χ2v) is 4.58. The molecule has 1 aromatic rings. The summed E-state index contributed by atoms with van der Waals surface area (Å²) in [5, 5.41) is 0. The minimum atomic E-state index is -6.00. The monoisotopic (exact) mass is 276 g/mol. The minimum absolute atomic E-state index is 0.960. The molecule has 19 heavy (non-hydrogen) atoms. The number of aryl methyl sites for hydroxylation is 3. The van der Waals surface area contributed by atoms with Crippen LogP contribution in [0.4, 0.5) is 23.0 Å². The Bertz CT molecular complexity index is 442. The summed E-state index contributed by atoms with van der Waals surface area (Å²) in [6.07, 6.45) is 2.03. The van der Waals surface area contributed by atoms with Gasteiger partial charge in [-0.1, -0.05) is 17.7 Å². The van der Waals surface area contributed by atoms with Gasteiger partial charge in [0.1, 0.15) is 12.2 Å². The average Bonchev–Trinajstić information content (AvgIpc) is 2.66. The number of quaternary nitrogens is 1.